The van der Waals surface area contributed by atoms with Crippen LogP contribution in [-0.4, -0.2) is 22.7 Å². The van der Waals surface area contributed by atoms with Crippen LogP contribution >= 0.6 is 0 Å². The van der Waals surface area contributed by atoms with Crippen molar-refractivity contribution in [2.24, 2.45) is 0 Å². The molecule has 0 aliphatic carbocycles. The van der Waals surface area contributed by atoms with Crippen LogP contribution in [0.15, 0.2) is 48.7 Å². The maximum Gasteiger partial charge on any atom is 0.125 e. The predicted octanol–water partition coefficient (Wildman–Crippen LogP) is 3.46. The first-order valence-corrected chi connectivity index (χ1v) is 7.20. The van der Waals surface area contributed by atoms with Gasteiger partial charge in [-0.25, -0.2) is 9.37 Å². The first kappa shape index (κ1) is 17.7. The van der Waals surface area contributed by atoms with Crippen molar-refractivity contribution in [3.8, 4) is 12.3 Å². The van der Waals surface area contributed by atoms with Gasteiger partial charge in [0.25, 0.3) is 0 Å². The van der Waals surface area contributed by atoms with E-state index in [1.165, 1.54) is 12.1 Å². The molecular formula is C18H21FN2O. The summed E-state index contributed by atoms with van der Waals surface area (Å²) in [4.78, 5) is 4.14. The van der Waals surface area contributed by atoms with Crippen molar-refractivity contribution in [3.05, 3.63) is 60.0 Å². The smallest absolute Gasteiger partial charge is 0.125 e. The monoisotopic (exact) mass is 300 g/mol. The fourth-order valence-corrected chi connectivity index (χ4v) is 1.57. The Bertz CT molecular complexity index is 564. The Kier molecular flexibility index (Phi) is 8.32. The molecule has 2 rings (SSSR count). The Balaban J connectivity index is 0.000000287. The van der Waals surface area contributed by atoms with Crippen molar-refractivity contribution in [3.63, 3.8) is 0 Å². The van der Waals surface area contributed by atoms with Gasteiger partial charge in [0.1, 0.15) is 11.6 Å². The maximum absolute atomic E-state index is 11.9. The van der Waals surface area contributed by atoms with Gasteiger partial charge in [-0.15, -0.1) is 6.42 Å². The van der Waals surface area contributed by atoms with Gasteiger partial charge < -0.3 is 10.4 Å². The van der Waals surface area contributed by atoms with Gasteiger partial charge in [-0.3, -0.25) is 0 Å². The second-order valence-electron chi connectivity index (χ2n) is 4.65. The summed E-state index contributed by atoms with van der Waals surface area (Å²) in [5.41, 5.74) is 0.772. The lowest BCUT2D eigenvalue weighted by molar-refractivity contribution is 0.164. The molecule has 22 heavy (non-hydrogen) atoms. The van der Waals surface area contributed by atoms with Crippen molar-refractivity contribution in [2.45, 2.75) is 25.9 Å². The standard InChI is InChI=1S/C12H16N2O.C6H5F/c1-3-10-5-6-12(14-9-10)13-8-7-11(15)4-2;7-6-4-2-1-3-5-6/h1,5-6,9,11,15H,4,7-8H2,2H3,(H,13,14);1-5H. The average molecular weight is 300 g/mol. The van der Waals surface area contributed by atoms with Gasteiger partial charge in [0, 0.05) is 18.3 Å². The van der Waals surface area contributed by atoms with E-state index in [2.05, 4.69) is 16.2 Å². The van der Waals surface area contributed by atoms with E-state index in [0.29, 0.717) is 0 Å². The Morgan fingerprint density at radius 2 is 2.00 bits per heavy atom. The molecule has 0 spiro atoms. The van der Waals surface area contributed by atoms with E-state index in [1.807, 2.05) is 19.1 Å². The second-order valence-corrected chi connectivity index (χ2v) is 4.65. The molecule has 1 unspecified atom stereocenters. The van der Waals surface area contributed by atoms with Crippen LogP contribution in [0, 0.1) is 18.2 Å². The highest BCUT2D eigenvalue weighted by atomic mass is 19.1. The summed E-state index contributed by atoms with van der Waals surface area (Å²) in [6, 6.07) is 11.6. The van der Waals surface area contributed by atoms with Gasteiger partial charge in [-0.2, -0.15) is 0 Å². The number of halogens is 1. The lowest BCUT2D eigenvalue weighted by Crippen LogP contribution is -2.12. The van der Waals surface area contributed by atoms with Crippen LogP contribution in [0.4, 0.5) is 10.2 Å². The van der Waals surface area contributed by atoms with Gasteiger partial charge in [0.15, 0.2) is 0 Å². The van der Waals surface area contributed by atoms with Crippen LogP contribution in [0.1, 0.15) is 25.3 Å². The Labute approximate surface area is 131 Å². The summed E-state index contributed by atoms with van der Waals surface area (Å²) < 4.78 is 11.9. The number of terminal acetylenes is 1. The lowest BCUT2D eigenvalue weighted by atomic mass is 10.2. The maximum atomic E-state index is 11.9. The topological polar surface area (TPSA) is 45.1 Å². The predicted molar refractivity (Wildman–Crippen MR) is 88.0 cm³/mol. The van der Waals surface area contributed by atoms with Gasteiger partial charge in [0.2, 0.25) is 0 Å². The molecule has 1 aromatic heterocycles. The number of nitrogens with one attached hydrogen (secondary N) is 1. The molecule has 3 nitrogen and oxygen atoms in total. The SMILES string of the molecule is C#Cc1ccc(NCCC(O)CC)nc1.Fc1ccccc1. The number of benzene rings is 1. The normalized spacial score (nSPS) is 10.8. The molecular weight excluding hydrogens is 279 g/mol. The number of hydrogen-bond donors (Lipinski definition) is 2. The van der Waals surface area contributed by atoms with Gasteiger partial charge in [-0.1, -0.05) is 31.0 Å². The fourth-order valence-electron chi connectivity index (χ4n) is 1.57. The van der Waals surface area contributed by atoms with E-state index in [4.69, 9.17) is 6.42 Å². The number of nitrogens with zero attached hydrogens (tertiary/aromatic N) is 1. The van der Waals surface area contributed by atoms with E-state index in [0.717, 1.165) is 30.8 Å². The van der Waals surface area contributed by atoms with Crippen LogP contribution < -0.4 is 5.32 Å². The number of anilines is 1. The summed E-state index contributed by atoms with van der Waals surface area (Å²) in [7, 11) is 0. The number of rotatable bonds is 5. The molecule has 0 amide bonds. The molecule has 0 bridgehead atoms. The molecule has 0 saturated heterocycles. The molecule has 0 saturated carbocycles. The van der Waals surface area contributed by atoms with Gasteiger partial charge in [-0.05, 0) is 37.1 Å². The van der Waals surface area contributed by atoms with Crippen molar-refractivity contribution < 1.29 is 9.50 Å². The Morgan fingerprint density at radius 1 is 1.27 bits per heavy atom. The molecule has 0 fully saturated rings. The van der Waals surface area contributed by atoms with Crippen LogP contribution in [0.2, 0.25) is 0 Å². The lowest BCUT2D eigenvalue weighted by Gasteiger charge is -2.08. The zero-order valence-electron chi connectivity index (χ0n) is 12.7. The Morgan fingerprint density at radius 3 is 2.45 bits per heavy atom. The van der Waals surface area contributed by atoms with Crippen molar-refractivity contribution >= 4 is 5.82 Å². The van der Waals surface area contributed by atoms with E-state index in [-0.39, 0.29) is 11.9 Å². The first-order chi connectivity index (χ1) is 10.7. The zero-order valence-corrected chi connectivity index (χ0v) is 12.7. The number of hydrogen-bond acceptors (Lipinski definition) is 3. The molecule has 0 radical (unpaired) electrons. The minimum atomic E-state index is -0.234. The molecule has 0 aliphatic heterocycles. The summed E-state index contributed by atoms with van der Waals surface area (Å²) >= 11 is 0. The van der Waals surface area contributed by atoms with E-state index < -0.39 is 0 Å². The highest BCUT2D eigenvalue weighted by Gasteiger charge is 2.00. The third-order valence-corrected chi connectivity index (χ3v) is 2.92. The number of aliphatic hydroxyl groups is 1. The molecule has 1 heterocycles. The summed E-state index contributed by atoms with van der Waals surface area (Å²) in [6.07, 6.45) is 8.15. The Hall–Kier alpha value is -2.38. The molecule has 2 N–H and O–H groups in total. The largest absolute Gasteiger partial charge is 0.393 e. The minimum Gasteiger partial charge on any atom is -0.393 e. The van der Waals surface area contributed by atoms with E-state index >= 15 is 0 Å². The first-order valence-electron chi connectivity index (χ1n) is 7.20. The molecule has 1 atom stereocenters. The summed E-state index contributed by atoms with van der Waals surface area (Å²) in [6.45, 7) is 2.68. The van der Waals surface area contributed by atoms with Crippen molar-refractivity contribution in [2.75, 3.05) is 11.9 Å². The molecule has 0 aliphatic rings. The number of aliphatic hydroxyl groups excluding tert-OH is 1. The van der Waals surface area contributed by atoms with Crippen LogP contribution in [0.25, 0.3) is 0 Å². The molecule has 1 aromatic carbocycles. The second kappa shape index (κ2) is 10.4. The van der Waals surface area contributed by atoms with E-state index in [9.17, 15) is 9.50 Å². The van der Waals surface area contributed by atoms with Crippen LogP contribution in [0.5, 0.6) is 0 Å². The molecule has 116 valence electrons. The average Bonchev–Trinajstić information content (AvgIpc) is 2.56. The van der Waals surface area contributed by atoms with E-state index in [1.54, 1.807) is 24.4 Å². The van der Waals surface area contributed by atoms with Gasteiger partial charge >= 0.3 is 0 Å². The molecule has 2 aromatic rings. The van der Waals surface area contributed by atoms with Crippen LogP contribution in [0.3, 0.4) is 0 Å². The van der Waals surface area contributed by atoms with Gasteiger partial charge in [0.05, 0.1) is 6.10 Å². The third kappa shape index (κ3) is 7.41. The zero-order chi connectivity index (χ0) is 16.2. The minimum absolute atomic E-state index is 0.178. The number of pyridine rings is 1. The highest BCUT2D eigenvalue weighted by Crippen LogP contribution is 2.05. The third-order valence-electron chi connectivity index (χ3n) is 2.92. The highest BCUT2D eigenvalue weighted by molar-refractivity contribution is 5.39. The quantitative estimate of drug-likeness (QED) is 0.831. The van der Waals surface area contributed by atoms with Crippen molar-refractivity contribution in [1.29, 1.82) is 0 Å². The summed E-state index contributed by atoms with van der Waals surface area (Å²) in [5.74, 6) is 3.12. The number of aromatic nitrogens is 1. The fraction of sp³-hybridized carbons (Fsp3) is 0.278. The van der Waals surface area contributed by atoms with Crippen LogP contribution in [-0.2, 0) is 0 Å². The molecule has 4 heteroatoms. The van der Waals surface area contributed by atoms with Crippen molar-refractivity contribution in [1.82, 2.24) is 4.98 Å². The summed E-state index contributed by atoms with van der Waals surface area (Å²) in [5, 5.41) is 12.5.